The molecule has 0 spiro atoms. The Balaban J connectivity index is 1.61. The van der Waals surface area contributed by atoms with Crippen molar-refractivity contribution < 1.29 is 9.53 Å². The van der Waals surface area contributed by atoms with Gasteiger partial charge in [-0.2, -0.15) is 0 Å². The Hall–Kier alpha value is -1.55. The van der Waals surface area contributed by atoms with Crippen LogP contribution in [-0.4, -0.2) is 43.7 Å². The maximum atomic E-state index is 11.1. The van der Waals surface area contributed by atoms with Gasteiger partial charge < -0.3 is 15.0 Å². The Labute approximate surface area is 133 Å². The molecule has 1 aromatic rings. The fourth-order valence-corrected chi connectivity index (χ4v) is 2.89. The minimum Gasteiger partial charge on any atom is -0.469 e. The maximum absolute atomic E-state index is 11.1. The molecule has 1 fully saturated rings. The summed E-state index contributed by atoms with van der Waals surface area (Å²) in [6, 6.07) is 9.20. The summed E-state index contributed by atoms with van der Waals surface area (Å²) in [5.41, 5.74) is 2.52. The van der Waals surface area contributed by atoms with Gasteiger partial charge in [-0.1, -0.05) is 17.7 Å². The largest absolute Gasteiger partial charge is 0.469 e. The number of hydrogen-bond donors (Lipinski definition) is 1. The summed E-state index contributed by atoms with van der Waals surface area (Å²) in [6.07, 6.45) is 4.91. The monoisotopic (exact) mass is 304 g/mol. The highest BCUT2D eigenvalue weighted by molar-refractivity contribution is 5.68. The number of benzene rings is 1. The number of rotatable bonds is 7. The van der Waals surface area contributed by atoms with E-state index < -0.39 is 0 Å². The van der Waals surface area contributed by atoms with Gasteiger partial charge in [0.15, 0.2) is 0 Å². The van der Waals surface area contributed by atoms with Crippen molar-refractivity contribution in [2.24, 2.45) is 0 Å². The van der Waals surface area contributed by atoms with Crippen LogP contribution in [0, 0.1) is 6.92 Å². The zero-order chi connectivity index (χ0) is 15.8. The minimum atomic E-state index is -0.0963. The van der Waals surface area contributed by atoms with Crippen molar-refractivity contribution in [3.63, 3.8) is 0 Å². The third-order valence-electron chi connectivity index (χ3n) is 4.34. The van der Waals surface area contributed by atoms with Gasteiger partial charge in [-0.25, -0.2) is 0 Å². The van der Waals surface area contributed by atoms with Crippen LogP contribution in [0.4, 0.5) is 5.69 Å². The number of nitrogens with one attached hydrogen (secondary N) is 1. The first-order chi connectivity index (χ1) is 10.7. The quantitative estimate of drug-likeness (QED) is 0.620. The lowest BCUT2D eigenvalue weighted by atomic mass is 10.0. The lowest BCUT2D eigenvalue weighted by Crippen LogP contribution is -2.39. The molecule has 2 rings (SSSR count). The molecule has 0 bridgehead atoms. The predicted octanol–water partition coefficient (Wildman–Crippen LogP) is 3.21. The van der Waals surface area contributed by atoms with Crippen molar-refractivity contribution >= 4 is 11.7 Å². The standard InChI is InChI=1S/C18H28N2O2/c1-15-6-8-16(9-7-15)19-17-10-13-20(14-11-17)12-4-3-5-18(21)22-2/h6-9,17,19H,3-5,10-14H2,1-2H3. The first kappa shape index (κ1) is 16.8. The SMILES string of the molecule is COC(=O)CCCCN1CCC(Nc2ccc(C)cc2)CC1. The lowest BCUT2D eigenvalue weighted by Gasteiger charge is -2.32. The molecular weight excluding hydrogens is 276 g/mol. The van der Waals surface area contributed by atoms with Crippen LogP contribution in [0.3, 0.4) is 0 Å². The molecule has 4 heteroatoms. The number of nitrogens with zero attached hydrogens (tertiary/aromatic N) is 1. The molecule has 22 heavy (non-hydrogen) atoms. The number of likely N-dealkylation sites (tertiary alicyclic amines) is 1. The minimum absolute atomic E-state index is 0.0963. The Morgan fingerprint density at radius 1 is 1.23 bits per heavy atom. The van der Waals surface area contributed by atoms with Gasteiger partial charge in [0.2, 0.25) is 0 Å². The molecule has 0 atom stereocenters. The van der Waals surface area contributed by atoms with E-state index in [-0.39, 0.29) is 5.97 Å². The van der Waals surface area contributed by atoms with Gasteiger partial charge in [-0.05, 0) is 51.3 Å². The van der Waals surface area contributed by atoms with E-state index >= 15 is 0 Å². The average Bonchev–Trinajstić information content (AvgIpc) is 2.55. The van der Waals surface area contributed by atoms with E-state index in [9.17, 15) is 4.79 Å². The number of unbranched alkanes of at least 4 members (excludes halogenated alkanes) is 1. The first-order valence-electron chi connectivity index (χ1n) is 8.30. The van der Waals surface area contributed by atoms with E-state index in [1.54, 1.807) is 0 Å². The van der Waals surface area contributed by atoms with Crippen molar-refractivity contribution in [3.05, 3.63) is 29.8 Å². The number of piperidine rings is 1. The van der Waals surface area contributed by atoms with E-state index in [1.165, 1.54) is 31.2 Å². The molecule has 1 N–H and O–H groups in total. The molecule has 1 saturated heterocycles. The molecule has 1 aliphatic heterocycles. The topological polar surface area (TPSA) is 41.6 Å². The molecule has 1 aliphatic rings. The smallest absolute Gasteiger partial charge is 0.305 e. The van der Waals surface area contributed by atoms with Crippen molar-refractivity contribution in [2.75, 3.05) is 32.1 Å². The van der Waals surface area contributed by atoms with E-state index in [1.807, 2.05) is 0 Å². The first-order valence-corrected chi connectivity index (χ1v) is 8.30. The van der Waals surface area contributed by atoms with Crippen LogP contribution < -0.4 is 5.32 Å². The number of anilines is 1. The lowest BCUT2D eigenvalue weighted by molar-refractivity contribution is -0.140. The summed E-state index contributed by atoms with van der Waals surface area (Å²) >= 11 is 0. The van der Waals surface area contributed by atoms with E-state index in [0.29, 0.717) is 12.5 Å². The summed E-state index contributed by atoms with van der Waals surface area (Å²) in [5.74, 6) is -0.0963. The average molecular weight is 304 g/mol. The Kier molecular flexibility index (Phi) is 6.72. The number of carbonyl (C=O) groups is 1. The van der Waals surface area contributed by atoms with Crippen molar-refractivity contribution in [2.45, 2.75) is 45.1 Å². The molecule has 0 amide bonds. The number of hydrogen-bond acceptors (Lipinski definition) is 4. The van der Waals surface area contributed by atoms with E-state index in [2.05, 4.69) is 46.1 Å². The summed E-state index contributed by atoms with van der Waals surface area (Å²) in [6.45, 7) is 5.49. The molecule has 0 aromatic heterocycles. The normalized spacial score (nSPS) is 16.5. The van der Waals surface area contributed by atoms with Crippen LogP contribution in [0.1, 0.15) is 37.7 Å². The van der Waals surface area contributed by atoms with Crippen molar-refractivity contribution in [1.82, 2.24) is 4.90 Å². The van der Waals surface area contributed by atoms with Crippen LogP contribution in [-0.2, 0) is 9.53 Å². The highest BCUT2D eigenvalue weighted by Crippen LogP contribution is 2.17. The molecule has 4 nitrogen and oxygen atoms in total. The van der Waals surface area contributed by atoms with E-state index in [0.717, 1.165) is 32.5 Å². The highest BCUT2D eigenvalue weighted by atomic mass is 16.5. The molecule has 0 aliphatic carbocycles. The van der Waals surface area contributed by atoms with Crippen LogP contribution in [0.25, 0.3) is 0 Å². The number of esters is 1. The summed E-state index contributed by atoms with van der Waals surface area (Å²) in [4.78, 5) is 13.6. The van der Waals surface area contributed by atoms with Gasteiger partial charge in [-0.3, -0.25) is 4.79 Å². The zero-order valence-corrected chi connectivity index (χ0v) is 13.8. The Morgan fingerprint density at radius 2 is 1.91 bits per heavy atom. The number of methoxy groups -OCH3 is 1. The molecule has 0 saturated carbocycles. The van der Waals surface area contributed by atoms with Crippen LogP contribution >= 0.6 is 0 Å². The van der Waals surface area contributed by atoms with E-state index in [4.69, 9.17) is 0 Å². The van der Waals surface area contributed by atoms with Gasteiger partial charge in [-0.15, -0.1) is 0 Å². The summed E-state index contributed by atoms with van der Waals surface area (Å²) < 4.78 is 4.66. The Bertz CT molecular complexity index is 451. The van der Waals surface area contributed by atoms with Gasteiger partial charge in [0.1, 0.15) is 0 Å². The third-order valence-corrected chi connectivity index (χ3v) is 4.34. The molecule has 0 unspecified atom stereocenters. The number of aryl methyl sites for hydroxylation is 1. The number of carbonyl (C=O) groups excluding carboxylic acids is 1. The maximum Gasteiger partial charge on any atom is 0.305 e. The second kappa shape index (κ2) is 8.79. The molecule has 0 radical (unpaired) electrons. The second-order valence-corrected chi connectivity index (χ2v) is 6.16. The third kappa shape index (κ3) is 5.68. The predicted molar refractivity (Wildman–Crippen MR) is 90.1 cm³/mol. The molecule has 122 valence electrons. The Morgan fingerprint density at radius 3 is 2.55 bits per heavy atom. The van der Waals surface area contributed by atoms with Crippen molar-refractivity contribution in [1.29, 1.82) is 0 Å². The summed E-state index contributed by atoms with van der Waals surface area (Å²) in [5, 5.41) is 3.63. The van der Waals surface area contributed by atoms with Gasteiger partial charge in [0.25, 0.3) is 0 Å². The van der Waals surface area contributed by atoms with Crippen LogP contribution in [0.2, 0.25) is 0 Å². The highest BCUT2D eigenvalue weighted by Gasteiger charge is 2.18. The van der Waals surface area contributed by atoms with Gasteiger partial charge in [0.05, 0.1) is 7.11 Å². The number of ether oxygens (including phenoxy) is 1. The van der Waals surface area contributed by atoms with Gasteiger partial charge >= 0.3 is 5.97 Å². The fourth-order valence-electron chi connectivity index (χ4n) is 2.89. The van der Waals surface area contributed by atoms with Crippen LogP contribution in [0.15, 0.2) is 24.3 Å². The summed E-state index contributed by atoms with van der Waals surface area (Å²) in [7, 11) is 1.45. The molecular formula is C18H28N2O2. The van der Waals surface area contributed by atoms with Gasteiger partial charge in [0, 0.05) is 31.2 Å². The molecule has 1 aromatic carbocycles. The zero-order valence-electron chi connectivity index (χ0n) is 13.8. The second-order valence-electron chi connectivity index (χ2n) is 6.16. The molecule has 1 heterocycles. The fraction of sp³-hybridized carbons (Fsp3) is 0.611. The van der Waals surface area contributed by atoms with Crippen molar-refractivity contribution in [3.8, 4) is 0 Å². The van der Waals surface area contributed by atoms with Crippen LogP contribution in [0.5, 0.6) is 0 Å².